The number of rotatable bonds is 8. The van der Waals surface area contributed by atoms with Crippen LogP contribution in [-0.4, -0.2) is 81.5 Å². The number of thiol groups is 1. The van der Waals surface area contributed by atoms with Gasteiger partial charge in [0.15, 0.2) is 0 Å². The zero-order chi connectivity index (χ0) is 15.4. The molecule has 0 aromatic carbocycles. The summed E-state index contributed by atoms with van der Waals surface area (Å²) in [5, 5.41) is 46.1. The molecule has 0 amide bonds. The van der Waals surface area contributed by atoms with Crippen molar-refractivity contribution in [1.82, 2.24) is 5.32 Å². The number of carboxylic acid groups (broad SMARTS) is 1. The third-order valence-electron chi connectivity index (χ3n) is 2.10. The molecular weight excluding hydrogens is 278 g/mol. The minimum Gasteiger partial charge on any atom is -0.481 e. The Hall–Kier alpha value is -0.710. The van der Waals surface area contributed by atoms with E-state index in [1.54, 1.807) is 0 Å². The minimum atomic E-state index is -1.55. The maximum Gasteiger partial charge on any atom is 0.304 e. The summed E-state index contributed by atoms with van der Waals surface area (Å²) in [7, 11) is 1.43. The van der Waals surface area contributed by atoms with E-state index in [9.17, 15) is 14.7 Å². The first-order chi connectivity index (χ1) is 8.85. The third-order valence-corrected chi connectivity index (χ3v) is 2.33. The van der Waals surface area contributed by atoms with Gasteiger partial charge in [-0.2, -0.15) is 12.6 Å². The van der Waals surface area contributed by atoms with Crippen molar-refractivity contribution in [3.8, 4) is 0 Å². The average Bonchev–Trinajstić information content (AvgIpc) is 2.38. The molecule has 0 bridgehead atoms. The lowest BCUT2D eigenvalue weighted by Crippen LogP contribution is -2.51. The number of carbonyl (C=O) groups is 2. The van der Waals surface area contributed by atoms with Gasteiger partial charge in [-0.25, -0.2) is 0 Å². The van der Waals surface area contributed by atoms with E-state index in [1.807, 2.05) is 0 Å². The molecule has 0 fully saturated rings. The highest BCUT2D eigenvalue weighted by Gasteiger charge is 2.29. The van der Waals surface area contributed by atoms with Gasteiger partial charge in [-0.05, 0) is 7.05 Å². The van der Waals surface area contributed by atoms with E-state index in [0.717, 1.165) is 0 Å². The largest absolute Gasteiger partial charge is 0.481 e. The van der Waals surface area contributed by atoms with Crippen LogP contribution in [0.15, 0.2) is 0 Å². The van der Waals surface area contributed by atoms with Crippen molar-refractivity contribution in [1.29, 1.82) is 0 Å². The van der Waals surface area contributed by atoms with Gasteiger partial charge in [-0.15, -0.1) is 0 Å². The van der Waals surface area contributed by atoms with Crippen molar-refractivity contribution in [2.24, 2.45) is 0 Å². The van der Waals surface area contributed by atoms with Crippen molar-refractivity contribution in [2.75, 3.05) is 19.4 Å². The van der Waals surface area contributed by atoms with E-state index >= 15 is 0 Å². The molecular formula is C10H21NO7S. The average molecular weight is 299 g/mol. The minimum absolute atomic E-state index is 0.156. The molecule has 0 aliphatic rings. The van der Waals surface area contributed by atoms with Crippen LogP contribution in [0, 0.1) is 0 Å². The number of aliphatic carboxylic acids is 1. The molecule has 1 unspecified atom stereocenters. The van der Waals surface area contributed by atoms with Crippen LogP contribution in [0.1, 0.15) is 6.42 Å². The lowest BCUT2D eigenvalue weighted by Gasteiger charge is -2.25. The quantitative estimate of drug-likeness (QED) is 0.188. The fourth-order valence-corrected chi connectivity index (χ4v) is 1.15. The normalized spacial score (nSPS) is 16.5. The molecule has 6 N–H and O–H groups in total. The lowest BCUT2D eigenvalue weighted by molar-refractivity contribution is -0.136. The van der Waals surface area contributed by atoms with Crippen LogP contribution in [0.4, 0.5) is 0 Å². The number of carboxylic acids is 1. The summed E-state index contributed by atoms with van der Waals surface area (Å²) in [5.74, 6) is -0.361. The standard InChI is InChI=1S/C7H15NO5.C3H6O2S/c1-8-4(2-9)6(12)7(13)5(11)3-10;4-3(5)1-2-6/h2,4-8,10-13H,3H2,1H3;6H,1-2H2,(H,4,5)/t4-,5?,6+,7+;/m0./s1. The number of hydrogen-bond acceptors (Lipinski definition) is 8. The van der Waals surface area contributed by atoms with Crippen LogP contribution in [0.5, 0.6) is 0 Å². The maximum atomic E-state index is 10.3. The second kappa shape index (κ2) is 12.3. The monoisotopic (exact) mass is 299 g/mol. The van der Waals surface area contributed by atoms with E-state index in [0.29, 0.717) is 12.0 Å². The number of aliphatic hydroxyl groups excluding tert-OH is 4. The smallest absolute Gasteiger partial charge is 0.304 e. The van der Waals surface area contributed by atoms with Crippen LogP contribution in [0.3, 0.4) is 0 Å². The van der Waals surface area contributed by atoms with Gasteiger partial charge in [-0.1, -0.05) is 0 Å². The molecule has 19 heavy (non-hydrogen) atoms. The molecule has 0 spiro atoms. The Labute approximate surface area is 116 Å². The van der Waals surface area contributed by atoms with Gasteiger partial charge in [0.1, 0.15) is 24.6 Å². The zero-order valence-corrected chi connectivity index (χ0v) is 11.4. The van der Waals surface area contributed by atoms with Gasteiger partial charge >= 0.3 is 5.97 Å². The summed E-state index contributed by atoms with van der Waals surface area (Å²) in [6.07, 6.45) is -3.87. The fraction of sp³-hybridized carbons (Fsp3) is 0.800. The summed E-state index contributed by atoms with van der Waals surface area (Å²) in [4.78, 5) is 19.9. The van der Waals surface area contributed by atoms with Crippen molar-refractivity contribution >= 4 is 24.9 Å². The van der Waals surface area contributed by atoms with Crippen LogP contribution < -0.4 is 5.32 Å². The topological polar surface area (TPSA) is 147 Å². The van der Waals surface area contributed by atoms with Crippen LogP contribution in [0.2, 0.25) is 0 Å². The van der Waals surface area contributed by atoms with Crippen molar-refractivity contribution in [3.63, 3.8) is 0 Å². The Balaban J connectivity index is 0. The summed E-state index contributed by atoms with van der Waals surface area (Å²) >= 11 is 3.68. The van der Waals surface area contributed by atoms with E-state index in [4.69, 9.17) is 20.4 Å². The predicted molar refractivity (Wildman–Crippen MR) is 70.1 cm³/mol. The van der Waals surface area contributed by atoms with Crippen LogP contribution in [0.25, 0.3) is 0 Å². The maximum absolute atomic E-state index is 10.3. The molecule has 0 aromatic rings. The Kier molecular flexibility index (Phi) is 13.4. The molecule has 0 aliphatic heterocycles. The molecule has 0 radical (unpaired) electrons. The zero-order valence-electron chi connectivity index (χ0n) is 10.5. The number of carbonyl (C=O) groups excluding carboxylic acids is 1. The molecule has 114 valence electrons. The van der Waals surface area contributed by atoms with E-state index < -0.39 is 36.9 Å². The van der Waals surface area contributed by atoms with Gasteiger partial charge in [0.25, 0.3) is 0 Å². The van der Waals surface area contributed by atoms with Gasteiger partial charge in [0.2, 0.25) is 0 Å². The number of aldehydes is 1. The first-order valence-electron chi connectivity index (χ1n) is 5.45. The summed E-state index contributed by atoms with van der Waals surface area (Å²) in [6.45, 7) is -0.673. The molecule has 0 aliphatic carbocycles. The molecule has 0 saturated carbocycles. The van der Waals surface area contributed by atoms with Gasteiger partial charge in [0, 0.05) is 5.75 Å². The summed E-state index contributed by atoms with van der Waals surface area (Å²) in [5.41, 5.74) is 0. The predicted octanol–water partition coefficient (Wildman–Crippen LogP) is -2.76. The van der Waals surface area contributed by atoms with Crippen LogP contribution >= 0.6 is 12.6 Å². The SMILES string of the molecule is CN[C@@H](C=O)[C@@H](O)[C@H](O)C(O)CO.O=C(O)CCS. The number of likely N-dealkylation sites (N-methyl/N-ethyl adjacent to an activating group) is 1. The van der Waals surface area contributed by atoms with E-state index in [-0.39, 0.29) is 6.42 Å². The molecule has 0 saturated heterocycles. The number of aliphatic hydroxyl groups is 4. The highest BCUT2D eigenvalue weighted by molar-refractivity contribution is 7.80. The number of nitrogens with one attached hydrogen (secondary N) is 1. The second-order valence-electron chi connectivity index (χ2n) is 3.55. The Morgan fingerprint density at radius 1 is 1.32 bits per heavy atom. The Morgan fingerprint density at radius 2 is 1.84 bits per heavy atom. The van der Waals surface area contributed by atoms with Crippen molar-refractivity contribution in [3.05, 3.63) is 0 Å². The van der Waals surface area contributed by atoms with E-state index in [2.05, 4.69) is 17.9 Å². The highest BCUT2D eigenvalue weighted by Crippen LogP contribution is 2.03. The van der Waals surface area contributed by atoms with Gasteiger partial charge < -0.3 is 35.6 Å². The molecule has 0 heterocycles. The summed E-state index contributed by atoms with van der Waals surface area (Å²) in [6, 6.07) is -0.962. The Morgan fingerprint density at radius 3 is 2.05 bits per heavy atom. The van der Waals surface area contributed by atoms with Gasteiger partial charge in [0.05, 0.1) is 19.1 Å². The third kappa shape index (κ3) is 9.82. The number of hydrogen-bond donors (Lipinski definition) is 7. The van der Waals surface area contributed by atoms with Gasteiger partial charge in [-0.3, -0.25) is 4.79 Å². The Bertz CT molecular complexity index is 254. The van der Waals surface area contributed by atoms with Crippen molar-refractivity contribution < 1.29 is 35.1 Å². The van der Waals surface area contributed by atoms with E-state index in [1.165, 1.54) is 7.05 Å². The molecule has 8 nitrogen and oxygen atoms in total. The first-order valence-corrected chi connectivity index (χ1v) is 6.09. The molecule has 4 atom stereocenters. The molecule has 0 aromatic heterocycles. The summed E-state index contributed by atoms with van der Waals surface area (Å²) < 4.78 is 0. The lowest BCUT2D eigenvalue weighted by atomic mass is 10.0. The van der Waals surface area contributed by atoms with Crippen molar-refractivity contribution in [2.45, 2.75) is 30.8 Å². The first kappa shape index (κ1) is 20.6. The molecule has 0 rings (SSSR count). The molecule has 9 heteroatoms. The van der Waals surface area contributed by atoms with Crippen LogP contribution in [-0.2, 0) is 9.59 Å². The second-order valence-corrected chi connectivity index (χ2v) is 4.00. The highest BCUT2D eigenvalue weighted by atomic mass is 32.1. The fourth-order valence-electron chi connectivity index (χ4n) is 0.963.